The second kappa shape index (κ2) is 35.6. The summed E-state index contributed by atoms with van der Waals surface area (Å²) in [6.07, 6.45) is 49.4. The lowest BCUT2D eigenvalue weighted by Crippen LogP contribution is -2.19. The minimum absolute atomic E-state index is 0.396. The molecule has 5 rings (SSSR count). The largest absolute Gasteiger partial charge is 0.399 e. The van der Waals surface area contributed by atoms with Gasteiger partial charge in [-0.15, -0.1) is 0 Å². The van der Waals surface area contributed by atoms with E-state index in [0.717, 1.165) is 23.2 Å². The molecule has 0 spiro atoms. The fraction of sp³-hybridized carbons (Fsp3) is 0.647. The van der Waals surface area contributed by atoms with Gasteiger partial charge in [-0.2, -0.15) is 0 Å². The summed E-state index contributed by atoms with van der Waals surface area (Å²) < 4.78 is 0. The molecule has 4 N–H and O–H groups in total. The monoisotopic (exact) mass is 951 g/mol. The van der Waals surface area contributed by atoms with Crippen LogP contribution >= 0.6 is 0 Å². The van der Waals surface area contributed by atoms with E-state index >= 15 is 0 Å². The van der Waals surface area contributed by atoms with Crippen LogP contribution in [0.2, 0.25) is 0 Å². The molecule has 388 valence electrons. The van der Waals surface area contributed by atoms with E-state index in [9.17, 15) is 0 Å². The third-order valence-corrected chi connectivity index (χ3v) is 16.9. The molecule has 70 heavy (non-hydrogen) atoms. The maximum atomic E-state index is 6.24. The average molecular weight is 952 g/mol. The van der Waals surface area contributed by atoms with Gasteiger partial charge in [0.05, 0.1) is 0 Å². The summed E-state index contributed by atoms with van der Waals surface area (Å²) in [6.45, 7) is 6.96. The van der Waals surface area contributed by atoms with Crippen molar-refractivity contribution in [3.05, 3.63) is 130 Å². The standard InChI is InChI=1S/C68H106N2/c1-4-7-10-13-16-18-20-22-25-31-36-66(62-46-51-64(69)52-47-62)58-38-42-60(43-39-58)68(55-50-57(56-33-29-27-30-34-56)35-28-24-15-12-9-6-3)61-44-40-59(41-45-61)67(63-48-53-65(70)54-49-63)37-32-26-23-21-19-17-14-11-8-5-2/h38-49,51-54,56-57,66-68H,4-37,50,55,69-70H2,1-3H3. The van der Waals surface area contributed by atoms with Gasteiger partial charge in [0, 0.05) is 29.1 Å². The van der Waals surface area contributed by atoms with E-state index in [0.29, 0.717) is 17.8 Å². The van der Waals surface area contributed by atoms with Gasteiger partial charge < -0.3 is 11.5 Å². The van der Waals surface area contributed by atoms with Gasteiger partial charge in [-0.05, 0) is 95.2 Å². The highest BCUT2D eigenvalue weighted by molar-refractivity contribution is 5.46. The van der Waals surface area contributed by atoms with Gasteiger partial charge in [-0.1, -0.05) is 299 Å². The smallest absolute Gasteiger partial charge is 0.0314 e. The molecule has 1 aliphatic rings. The Kier molecular flexibility index (Phi) is 29.2. The van der Waals surface area contributed by atoms with Gasteiger partial charge in [0.15, 0.2) is 0 Å². The van der Waals surface area contributed by atoms with Crippen LogP contribution < -0.4 is 11.5 Å². The predicted octanol–water partition coefficient (Wildman–Crippen LogP) is 21.6. The summed E-state index contributed by atoms with van der Waals surface area (Å²) in [5.74, 6) is 2.95. The summed E-state index contributed by atoms with van der Waals surface area (Å²) in [7, 11) is 0. The lowest BCUT2D eigenvalue weighted by atomic mass is 9.73. The highest BCUT2D eigenvalue weighted by Gasteiger charge is 2.26. The summed E-state index contributed by atoms with van der Waals surface area (Å²) in [5.41, 5.74) is 22.9. The Hall–Kier alpha value is -3.52. The van der Waals surface area contributed by atoms with Gasteiger partial charge >= 0.3 is 0 Å². The minimum atomic E-state index is 0.396. The first kappa shape index (κ1) is 57.4. The Bertz CT molecular complexity index is 1720. The van der Waals surface area contributed by atoms with Crippen LogP contribution in [-0.4, -0.2) is 0 Å². The first-order valence-electron chi connectivity index (χ1n) is 30.4. The van der Waals surface area contributed by atoms with Crippen molar-refractivity contribution in [1.82, 2.24) is 0 Å². The van der Waals surface area contributed by atoms with Crippen LogP contribution in [-0.2, 0) is 0 Å². The highest BCUT2D eigenvalue weighted by Crippen LogP contribution is 2.41. The van der Waals surface area contributed by atoms with Crippen molar-refractivity contribution in [2.24, 2.45) is 11.8 Å². The van der Waals surface area contributed by atoms with Gasteiger partial charge in [0.2, 0.25) is 0 Å². The lowest BCUT2D eigenvalue weighted by Gasteiger charge is -2.32. The first-order valence-corrected chi connectivity index (χ1v) is 30.4. The molecular weight excluding hydrogens is 845 g/mol. The number of nitrogens with two attached hydrogens (primary N) is 2. The van der Waals surface area contributed by atoms with Crippen LogP contribution in [0.1, 0.15) is 303 Å². The Morgan fingerprint density at radius 3 is 0.871 bits per heavy atom. The van der Waals surface area contributed by atoms with Crippen molar-refractivity contribution in [2.45, 2.75) is 270 Å². The highest BCUT2D eigenvalue weighted by atomic mass is 14.5. The molecule has 0 heterocycles. The molecular formula is C68H106N2. The van der Waals surface area contributed by atoms with Crippen LogP contribution in [0, 0.1) is 11.8 Å². The van der Waals surface area contributed by atoms with E-state index in [4.69, 9.17) is 11.5 Å². The third kappa shape index (κ3) is 21.7. The maximum Gasteiger partial charge on any atom is 0.0314 e. The lowest BCUT2D eigenvalue weighted by molar-refractivity contribution is 0.214. The Balaban J connectivity index is 1.34. The van der Waals surface area contributed by atoms with Crippen molar-refractivity contribution < 1.29 is 0 Å². The van der Waals surface area contributed by atoms with Crippen LogP contribution in [0.3, 0.4) is 0 Å². The normalized spacial score (nSPS) is 15.0. The van der Waals surface area contributed by atoms with E-state index in [-0.39, 0.29) is 0 Å². The molecule has 4 aromatic rings. The number of anilines is 2. The molecule has 1 fully saturated rings. The van der Waals surface area contributed by atoms with Crippen molar-refractivity contribution in [3.63, 3.8) is 0 Å². The zero-order valence-electron chi connectivity index (χ0n) is 45.7. The molecule has 4 aromatic carbocycles. The van der Waals surface area contributed by atoms with Gasteiger partial charge in [0.25, 0.3) is 0 Å². The molecule has 3 atom stereocenters. The number of unbranched alkanes of at least 4 members (excludes halogenated alkanes) is 23. The fourth-order valence-corrected chi connectivity index (χ4v) is 12.4. The van der Waals surface area contributed by atoms with Crippen LogP contribution in [0.15, 0.2) is 97.1 Å². The molecule has 0 saturated heterocycles. The maximum absolute atomic E-state index is 6.24. The summed E-state index contributed by atoms with van der Waals surface area (Å²) >= 11 is 0. The number of hydrogen-bond acceptors (Lipinski definition) is 2. The molecule has 1 aliphatic carbocycles. The van der Waals surface area contributed by atoms with Crippen LogP contribution in [0.5, 0.6) is 0 Å². The van der Waals surface area contributed by atoms with Crippen LogP contribution in [0.25, 0.3) is 0 Å². The van der Waals surface area contributed by atoms with E-state index in [1.54, 1.807) is 0 Å². The van der Waals surface area contributed by atoms with Gasteiger partial charge in [0.1, 0.15) is 0 Å². The number of benzene rings is 4. The van der Waals surface area contributed by atoms with Crippen molar-refractivity contribution >= 4 is 11.4 Å². The molecule has 1 saturated carbocycles. The molecule has 2 heteroatoms. The van der Waals surface area contributed by atoms with Gasteiger partial charge in [-0.25, -0.2) is 0 Å². The van der Waals surface area contributed by atoms with Crippen LogP contribution in [0.4, 0.5) is 11.4 Å². The van der Waals surface area contributed by atoms with Crippen molar-refractivity contribution in [1.29, 1.82) is 0 Å². The summed E-state index contributed by atoms with van der Waals surface area (Å²) in [4.78, 5) is 0. The number of nitrogen functional groups attached to an aromatic ring is 2. The average Bonchev–Trinajstić information content (AvgIpc) is 3.39. The van der Waals surface area contributed by atoms with Crippen molar-refractivity contribution in [3.8, 4) is 0 Å². The Morgan fingerprint density at radius 1 is 0.300 bits per heavy atom. The number of rotatable bonds is 39. The fourth-order valence-electron chi connectivity index (χ4n) is 12.4. The quantitative estimate of drug-likeness (QED) is 0.0346. The number of hydrogen-bond donors (Lipinski definition) is 2. The molecule has 0 aliphatic heterocycles. The molecule has 0 radical (unpaired) electrons. The van der Waals surface area contributed by atoms with E-state index in [1.807, 2.05) is 0 Å². The summed E-state index contributed by atoms with van der Waals surface area (Å²) in [5, 5.41) is 0. The minimum Gasteiger partial charge on any atom is -0.399 e. The van der Waals surface area contributed by atoms with E-state index in [2.05, 4.69) is 118 Å². The molecule has 0 amide bonds. The molecule has 2 nitrogen and oxygen atoms in total. The van der Waals surface area contributed by atoms with E-state index < -0.39 is 0 Å². The molecule has 3 unspecified atom stereocenters. The zero-order valence-corrected chi connectivity index (χ0v) is 45.7. The zero-order chi connectivity index (χ0) is 49.3. The summed E-state index contributed by atoms with van der Waals surface area (Å²) in [6, 6.07) is 37.7. The Labute approximate surface area is 432 Å². The molecule has 0 bridgehead atoms. The third-order valence-electron chi connectivity index (χ3n) is 16.9. The van der Waals surface area contributed by atoms with E-state index in [1.165, 1.54) is 265 Å². The SMILES string of the molecule is CCCCCCCCCCCCC(c1ccc(N)cc1)c1ccc(C(CCC(CCCCCCCC)C2CCCCC2)c2ccc(C(CCCCCCCCCCCC)c3ccc(N)cc3)cc2)cc1. The van der Waals surface area contributed by atoms with Crippen molar-refractivity contribution in [2.75, 3.05) is 11.5 Å². The molecule has 0 aromatic heterocycles. The predicted molar refractivity (Wildman–Crippen MR) is 310 cm³/mol. The Morgan fingerprint density at radius 2 is 0.557 bits per heavy atom. The second-order valence-corrected chi connectivity index (χ2v) is 22.6. The second-order valence-electron chi connectivity index (χ2n) is 22.6. The topological polar surface area (TPSA) is 52.0 Å². The first-order chi connectivity index (χ1) is 34.5. The van der Waals surface area contributed by atoms with Gasteiger partial charge in [-0.3, -0.25) is 0 Å².